The van der Waals surface area contributed by atoms with E-state index >= 15 is 0 Å². The fourth-order valence-corrected chi connectivity index (χ4v) is 5.64. The van der Waals surface area contributed by atoms with Gasteiger partial charge in [0.15, 0.2) is 0 Å². The SMILES string of the molecule is CNc1cccc(C)c1.Cc1cccc(N(C)c2cc(Cl)ncn2)c1.Cc1cccc(N(C)c2cc(N3CCNCC3)ncn2)c1.Clc1cc(Cl)ncn1. The first-order valence-electron chi connectivity index (χ1n) is 17.3. The zero-order chi connectivity index (χ0) is 38.9. The van der Waals surface area contributed by atoms with Gasteiger partial charge in [-0.05, 0) is 73.9 Å². The minimum Gasteiger partial charge on any atom is -0.388 e. The number of halogens is 3. The number of piperazine rings is 1. The van der Waals surface area contributed by atoms with Gasteiger partial charge in [0.2, 0.25) is 0 Å². The number of nitrogens with zero attached hydrogens (tertiary/aromatic N) is 9. The van der Waals surface area contributed by atoms with Crippen molar-refractivity contribution in [3.63, 3.8) is 0 Å². The molecule has 54 heavy (non-hydrogen) atoms. The number of anilines is 6. The van der Waals surface area contributed by atoms with Gasteiger partial charge in [-0.3, -0.25) is 0 Å². The summed E-state index contributed by atoms with van der Waals surface area (Å²) in [6.45, 7) is 10.2. The summed E-state index contributed by atoms with van der Waals surface area (Å²) in [6.07, 6.45) is 4.42. The molecule has 7 rings (SSSR count). The number of aryl methyl sites for hydroxylation is 3. The van der Waals surface area contributed by atoms with Gasteiger partial charge < -0.3 is 25.3 Å². The highest BCUT2D eigenvalue weighted by Gasteiger charge is 2.14. The van der Waals surface area contributed by atoms with Crippen LogP contribution in [-0.2, 0) is 0 Å². The molecule has 282 valence electrons. The molecular weight excluding hydrogens is 741 g/mol. The topological polar surface area (TPSA) is 111 Å². The van der Waals surface area contributed by atoms with Crippen LogP contribution in [-0.4, -0.2) is 77.2 Å². The largest absolute Gasteiger partial charge is 0.388 e. The van der Waals surface area contributed by atoms with Crippen LogP contribution in [0.1, 0.15) is 16.7 Å². The Hall–Kier alpha value is -5.07. The second-order valence-corrected chi connectivity index (χ2v) is 13.4. The minimum atomic E-state index is 0.366. The third kappa shape index (κ3) is 13.7. The molecule has 0 saturated carbocycles. The molecule has 14 heteroatoms. The van der Waals surface area contributed by atoms with E-state index in [1.807, 2.05) is 50.3 Å². The van der Waals surface area contributed by atoms with E-state index < -0.39 is 0 Å². The van der Waals surface area contributed by atoms with Crippen molar-refractivity contribution >= 4 is 69.3 Å². The van der Waals surface area contributed by atoms with Crippen molar-refractivity contribution in [1.29, 1.82) is 0 Å². The van der Waals surface area contributed by atoms with Crippen LogP contribution in [0.3, 0.4) is 0 Å². The van der Waals surface area contributed by atoms with Crippen molar-refractivity contribution < 1.29 is 0 Å². The fourth-order valence-electron chi connectivity index (χ4n) is 5.15. The number of aromatic nitrogens is 6. The lowest BCUT2D eigenvalue weighted by Gasteiger charge is -2.29. The van der Waals surface area contributed by atoms with E-state index in [9.17, 15) is 0 Å². The third-order valence-corrected chi connectivity index (χ3v) is 8.69. The highest BCUT2D eigenvalue weighted by molar-refractivity contribution is 6.33. The Bertz CT molecular complexity index is 1980. The fraction of sp³-hybridized carbons (Fsp3) is 0.250. The lowest BCUT2D eigenvalue weighted by atomic mass is 10.2. The van der Waals surface area contributed by atoms with Crippen molar-refractivity contribution in [2.75, 3.05) is 67.3 Å². The predicted octanol–water partition coefficient (Wildman–Crippen LogP) is 8.99. The Morgan fingerprint density at radius 3 is 1.48 bits per heavy atom. The minimum absolute atomic E-state index is 0.366. The molecule has 1 aliphatic rings. The van der Waals surface area contributed by atoms with E-state index in [0.29, 0.717) is 15.5 Å². The molecule has 3 aromatic heterocycles. The molecule has 0 radical (unpaired) electrons. The summed E-state index contributed by atoms with van der Waals surface area (Å²) in [7, 11) is 5.92. The van der Waals surface area contributed by atoms with Gasteiger partial charge in [0.25, 0.3) is 0 Å². The third-order valence-electron chi connectivity index (χ3n) is 8.07. The summed E-state index contributed by atoms with van der Waals surface area (Å²) in [5.74, 6) is 2.70. The summed E-state index contributed by atoms with van der Waals surface area (Å²) in [5, 5.41) is 7.61. The first-order valence-corrected chi connectivity index (χ1v) is 18.4. The molecule has 0 bridgehead atoms. The van der Waals surface area contributed by atoms with Crippen LogP contribution in [0, 0.1) is 20.8 Å². The average molecular weight is 787 g/mol. The molecule has 1 aliphatic heterocycles. The van der Waals surface area contributed by atoms with Crippen molar-refractivity contribution in [2.45, 2.75) is 20.8 Å². The normalized spacial score (nSPS) is 11.8. The van der Waals surface area contributed by atoms with Gasteiger partial charge in [-0.25, -0.2) is 29.9 Å². The Labute approximate surface area is 333 Å². The molecule has 0 aliphatic carbocycles. The standard InChI is InChI=1S/C16H21N5.C12H12ClN3.C8H11N.C4H2Cl2N2/c1-13-4-3-5-14(10-13)20(2)15-11-16(19-12-18-15)21-8-6-17-7-9-21;1-9-4-3-5-10(6-9)16(2)12-7-11(13)14-8-15-12;1-7-4-3-5-8(6-7)9-2;5-3-1-4(6)8-2-7-3/h3-5,10-12,17H,6-9H2,1-2H3;3-8H,1-2H3;3-6,9H,1-2H3;1-2H. The predicted molar refractivity (Wildman–Crippen MR) is 225 cm³/mol. The quantitative estimate of drug-likeness (QED) is 0.158. The van der Waals surface area contributed by atoms with Gasteiger partial charge in [0.05, 0.1) is 0 Å². The van der Waals surface area contributed by atoms with E-state index in [0.717, 1.165) is 55.0 Å². The highest BCUT2D eigenvalue weighted by Crippen LogP contribution is 2.25. The highest BCUT2D eigenvalue weighted by atomic mass is 35.5. The molecule has 0 atom stereocenters. The van der Waals surface area contributed by atoms with E-state index in [1.54, 1.807) is 12.4 Å². The summed E-state index contributed by atoms with van der Waals surface area (Å²) in [4.78, 5) is 30.5. The van der Waals surface area contributed by atoms with E-state index in [-0.39, 0.29) is 0 Å². The summed E-state index contributed by atoms with van der Waals surface area (Å²) in [5.41, 5.74) is 7.15. The molecule has 0 spiro atoms. The number of nitrogens with one attached hydrogen (secondary N) is 2. The van der Waals surface area contributed by atoms with Gasteiger partial charge in [-0.15, -0.1) is 0 Å². The monoisotopic (exact) mass is 785 g/mol. The summed E-state index contributed by atoms with van der Waals surface area (Å²) < 4.78 is 0. The number of hydrogen-bond acceptors (Lipinski definition) is 11. The van der Waals surface area contributed by atoms with Gasteiger partial charge in [0.1, 0.15) is 51.9 Å². The van der Waals surface area contributed by atoms with Crippen LogP contribution in [0.5, 0.6) is 0 Å². The zero-order valence-electron chi connectivity index (χ0n) is 31.4. The molecule has 1 saturated heterocycles. The Morgan fingerprint density at radius 1 is 0.574 bits per heavy atom. The van der Waals surface area contributed by atoms with Crippen molar-refractivity contribution in [1.82, 2.24) is 35.2 Å². The van der Waals surface area contributed by atoms with Crippen molar-refractivity contribution in [3.05, 3.63) is 142 Å². The molecule has 4 heterocycles. The number of hydrogen-bond donors (Lipinski definition) is 2. The summed E-state index contributed by atoms with van der Waals surface area (Å²) >= 11 is 16.6. The van der Waals surface area contributed by atoms with Crippen molar-refractivity contribution in [3.8, 4) is 0 Å². The lowest BCUT2D eigenvalue weighted by molar-refractivity contribution is 0.584. The maximum absolute atomic E-state index is 5.83. The second kappa shape index (κ2) is 21.6. The van der Waals surface area contributed by atoms with Gasteiger partial charge in [0, 0.05) is 82.6 Å². The molecule has 1 fully saturated rings. The van der Waals surface area contributed by atoms with Crippen LogP contribution >= 0.6 is 34.8 Å². The van der Waals surface area contributed by atoms with E-state index in [4.69, 9.17) is 34.8 Å². The van der Waals surface area contributed by atoms with Gasteiger partial charge in [-0.2, -0.15) is 0 Å². The number of benzene rings is 3. The molecule has 0 amide bonds. The maximum Gasteiger partial charge on any atom is 0.138 e. The molecular formula is C40H46Cl3N11. The maximum atomic E-state index is 5.83. The van der Waals surface area contributed by atoms with E-state index in [2.05, 4.69) is 126 Å². The molecule has 3 aromatic carbocycles. The van der Waals surface area contributed by atoms with Gasteiger partial charge in [-0.1, -0.05) is 71.2 Å². The Kier molecular flexibility index (Phi) is 16.7. The summed E-state index contributed by atoms with van der Waals surface area (Å²) in [6, 6.07) is 30.2. The van der Waals surface area contributed by atoms with Crippen LogP contribution in [0.2, 0.25) is 15.5 Å². The van der Waals surface area contributed by atoms with Crippen LogP contribution < -0.4 is 25.3 Å². The van der Waals surface area contributed by atoms with Crippen LogP contribution in [0.15, 0.2) is 110 Å². The average Bonchev–Trinajstić information content (AvgIpc) is 3.18. The Balaban J connectivity index is 0.000000173. The Morgan fingerprint density at radius 2 is 1.04 bits per heavy atom. The van der Waals surface area contributed by atoms with Crippen molar-refractivity contribution in [2.24, 2.45) is 0 Å². The van der Waals surface area contributed by atoms with E-state index in [1.165, 1.54) is 41.1 Å². The molecule has 2 N–H and O–H groups in total. The zero-order valence-corrected chi connectivity index (χ0v) is 33.6. The molecule has 11 nitrogen and oxygen atoms in total. The van der Waals surface area contributed by atoms with Gasteiger partial charge >= 0.3 is 0 Å². The molecule has 6 aromatic rings. The second-order valence-electron chi connectivity index (χ2n) is 12.2. The van der Waals surface area contributed by atoms with Crippen LogP contribution in [0.25, 0.3) is 0 Å². The number of rotatable bonds is 6. The smallest absolute Gasteiger partial charge is 0.138 e. The van der Waals surface area contributed by atoms with Crippen LogP contribution in [0.4, 0.5) is 34.5 Å². The first-order chi connectivity index (χ1) is 26.0. The lowest BCUT2D eigenvalue weighted by Crippen LogP contribution is -2.43. The molecule has 0 unspecified atom stereocenters. The first kappa shape index (κ1) is 41.7.